The minimum Gasteiger partial charge on any atom is -0.481 e. The summed E-state index contributed by atoms with van der Waals surface area (Å²) in [5.41, 5.74) is 0.594. The fraction of sp³-hybridized carbons (Fsp3) is 0.500. The molecule has 7 heteroatoms. The van der Waals surface area contributed by atoms with Crippen LogP contribution in [-0.2, 0) is 11.8 Å². The van der Waals surface area contributed by atoms with Gasteiger partial charge < -0.3 is 10.4 Å². The van der Waals surface area contributed by atoms with Crippen molar-refractivity contribution in [2.24, 2.45) is 7.05 Å². The van der Waals surface area contributed by atoms with Gasteiger partial charge in [-0.15, -0.1) is 0 Å². The van der Waals surface area contributed by atoms with Gasteiger partial charge in [0.2, 0.25) is 0 Å². The number of carbonyl (C=O) groups is 2. The van der Waals surface area contributed by atoms with Gasteiger partial charge in [-0.05, 0) is 26.3 Å². The number of aromatic nitrogens is 2. The first-order chi connectivity index (χ1) is 8.73. The molecule has 1 atom stereocenters. The molecule has 0 aliphatic rings. The van der Waals surface area contributed by atoms with E-state index in [-0.39, 0.29) is 12.0 Å². The van der Waals surface area contributed by atoms with Gasteiger partial charge in [0.25, 0.3) is 11.5 Å². The Balaban J connectivity index is 3.07. The van der Waals surface area contributed by atoms with E-state index in [1.54, 1.807) is 20.8 Å². The lowest BCUT2D eigenvalue weighted by atomic mass is 10.1. The number of carboxylic acids is 1. The maximum absolute atomic E-state index is 12.0. The first-order valence-electron chi connectivity index (χ1n) is 5.81. The number of carbonyl (C=O) groups excluding carboxylic acids is 1. The van der Waals surface area contributed by atoms with E-state index in [1.807, 2.05) is 0 Å². The average Bonchev–Trinajstić information content (AvgIpc) is 2.25. The number of aryl methyl sites for hydroxylation is 2. The van der Waals surface area contributed by atoms with Crippen LogP contribution in [0, 0.1) is 13.8 Å². The van der Waals surface area contributed by atoms with Gasteiger partial charge in [0.1, 0.15) is 5.56 Å². The monoisotopic (exact) mass is 267 g/mol. The summed E-state index contributed by atoms with van der Waals surface area (Å²) in [6, 6.07) is -0.553. The van der Waals surface area contributed by atoms with E-state index in [0.717, 1.165) is 4.68 Å². The molecule has 0 spiro atoms. The minimum atomic E-state index is -1.01. The summed E-state index contributed by atoms with van der Waals surface area (Å²) in [4.78, 5) is 34.5. The zero-order valence-electron chi connectivity index (χ0n) is 11.4. The third kappa shape index (κ3) is 3.40. The molecule has 19 heavy (non-hydrogen) atoms. The summed E-state index contributed by atoms with van der Waals surface area (Å²) in [6.07, 6.45) is -0.199. The number of aliphatic carboxylic acids is 1. The number of hydrogen-bond acceptors (Lipinski definition) is 4. The lowest BCUT2D eigenvalue weighted by Gasteiger charge is -2.14. The number of carboxylic acid groups (broad SMARTS) is 1. The van der Waals surface area contributed by atoms with Gasteiger partial charge in [-0.1, -0.05) is 0 Å². The van der Waals surface area contributed by atoms with Crippen LogP contribution in [0.5, 0.6) is 0 Å². The number of hydrogen-bond donors (Lipinski definition) is 2. The Morgan fingerprint density at radius 3 is 2.53 bits per heavy atom. The van der Waals surface area contributed by atoms with E-state index in [1.165, 1.54) is 7.05 Å². The standard InChI is InChI=1S/C12H17N3O4/c1-6(5-9(16)17)13-11(18)10-7(2)8(3)14-15(4)12(10)19/h6H,5H2,1-4H3,(H,13,18)(H,16,17). The lowest BCUT2D eigenvalue weighted by Crippen LogP contribution is -2.39. The van der Waals surface area contributed by atoms with E-state index >= 15 is 0 Å². The molecule has 0 bridgehead atoms. The second-order valence-corrected chi connectivity index (χ2v) is 4.49. The molecule has 1 heterocycles. The normalized spacial score (nSPS) is 12.0. The van der Waals surface area contributed by atoms with Gasteiger partial charge in [0.05, 0.1) is 12.1 Å². The topological polar surface area (TPSA) is 101 Å². The number of amides is 1. The predicted octanol–water partition coefficient (Wildman–Crippen LogP) is -0.00986. The largest absolute Gasteiger partial charge is 0.481 e. The molecule has 1 amide bonds. The lowest BCUT2D eigenvalue weighted by molar-refractivity contribution is -0.137. The fourth-order valence-corrected chi connectivity index (χ4v) is 1.72. The molecule has 0 saturated carbocycles. The van der Waals surface area contributed by atoms with Gasteiger partial charge in [-0.2, -0.15) is 5.10 Å². The summed E-state index contributed by atoms with van der Waals surface area (Å²) in [5.74, 6) is -1.58. The van der Waals surface area contributed by atoms with Crippen molar-refractivity contribution >= 4 is 11.9 Å². The highest BCUT2D eigenvalue weighted by atomic mass is 16.4. The second kappa shape index (κ2) is 5.64. The molecule has 0 aromatic carbocycles. The summed E-state index contributed by atoms with van der Waals surface area (Å²) < 4.78 is 1.10. The quantitative estimate of drug-likeness (QED) is 0.799. The van der Waals surface area contributed by atoms with Gasteiger partial charge in [0, 0.05) is 13.1 Å². The summed E-state index contributed by atoms with van der Waals surface area (Å²) in [7, 11) is 1.46. The van der Waals surface area contributed by atoms with Crippen LogP contribution in [0.15, 0.2) is 4.79 Å². The van der Waals surface area contributed by atoms with E-state index in [9.17, 15) is 14.4 Å². The summed E-state index contributed by atoms with van der Waals surface area (Å²) in [6.45, 7) is 4.91. The van der Waals surface area contributed by atoms with Gasteiger partial charge in [-0.3, -0.25) is 14.4 Å². The highest BCUT2D eigenvalue weighted by Gasteiger charge is 2.20. The van der Waals surface area contributed by atoms with Gasteiger partial charge >= 0.3 is 5.97 Å². The van der Waals surface area contributed by atoms with Crippen molar-refractivity contribution in [3.63, 3.8) is 0 Å². The summed E-state index contributed by atoms with van der Waals surface area (Å²) in [5, 5.41) is 15.1. The molecule has 104 valence electrons. The van der Waals surface area contributed by atoms with Crippen LogP contribution in [0.3, 0.4) is 0 Å². The highest BCUT2D eigenvalue weighted by Crippen LogP contribution is 2.06. The van der Waals surface area contributed by atoms with E-state index < -0.39 is 23.5 Å². The van der Waals surface area contributed by atoms with Crippen LogP contribution in [0.1, 0.15) is 35.0 Å². The first kappa shape index (κ1) is 14.9. The highest BCUT2D eigenvalue weighted by molar-refractivity contribution is 5.95. The molecule has 1 unspecified atom stereocenters. The summed E-state index contributed by atoms with van der Waals surface area (Å²) >= 11 is 0. The molecular weight excluding hydrogens is 250 g/mol. The number of rotatable bonds is 4. The molecular formula is C12H17N3O4. The number of nitrogens with one attached hydrogen (secondary N) is 1. The molecule has 0 aliphatic carbocycles. The molecule has 0 radical (unpaired) electrons. The zero-order valence-corrected chi connectivity index (χ0v) is 11.4. The molecule has 2 N–H and O–H groups in total. The van der Waals surface area contributed by atoms with Crippen molar-refractivity contribution in [2.45, 2.75) is 33.2 Å². The average molecular weight is 267 g/mol. The Kier molecular flexibility index (Phi) is 4.42. The van der Waals surface area contributed by atoms with Gasteiger partial charge in [-0.25, -0.2) is 4.68 Å². The molecule has 1 aromatic heterocycles. The Bertz CT molecular complexity index is 577. The van der Waals surface area contributed by atoms with Crippen LogP contribution in [0.2, 0.25) is 0 Å². The first-order valence-corrected chi connectivity index (χ1v) is 5.81. The van der Waals surface area contributed by atoms with Crippen LogP contribution < -0.4 is 10.9 Å². The van der Waals surface area contributed by atoms with Crippen molar-refractivity contribution in [1.29, 1.82) is 0 Å². The molecule has 1 rings (SSSR count). The Labute approximate surface area is 110 Å². The van der Waals surface area contributed by atoms with E-state index in [4.69, 9.17) is 5.11 Å². The SMILES string of the molecule is Cc1nn(C)c(=O)c(C(=O)NC(C)CC(=O)O)c1C. The second-order valence-electron chi connectivity index (χ2n) is 4.49. The zero-order chi connectivity index (χ0) is 14.7. The third-order valence-corrected chi connectivity index (χ3v) is 2.81. The third-order valence-electron chi connectivity index (χ3n) is 2.81. The van der Waals surface area contributed by atoms with Crippen molar-refractivity contribution in [2.75, 3.05) is 0 Å². The maximum Gasteiger partial charge on any atom is 0.305 e. The van der Waals surface area contributed by atoms with Gasteiger partial charge in [0.15, 0.2) is 0 Å². The molecule has 1 aromatic rings. The number of nitrogens with zero attached hydrogens (tertiary/aromatic N) is 2. The maximum atomic E-state index is 12.0. The van der Waals surface area contributed by atoms with Crippen LogP contribution >= 0.6 is 0 Å². The van der Waals surface area contributed by atoms with Crippen LogP contribution in [0.25, 0.3) is 0 Å². The Morgan fingerprint density at radius 1 is 1.42 bits per heavy atom. The Hall–Kier alpha value is -2.18. The van der Waals surface area contributed by atoms with E-state index in [0.29, 0.717) is 11.3 Å². The predicted molar refractivity (Wildman–Crippen MR) is 68.1 cm³/mol. The van der Waals surface area contributed by atoms with Crippen molar-refractivity contribution in [3.05, 3.63) is 27.2 Å². The van der Waals surface area contributed by atoms with Crippen molar-refractivity contribution in [1.82, 2.24) is 15.1 Å². The molecule has 0 fully saturated rings. The van der Waals surface area contributed by atoms with Crippen LogP contribution in [-0.4, -0.2) is 32.8 Å². The molecule has 7 nitrogen and oxygen atoms in total. The molecule has 0 saturated heterocycles. The molecule has 0 aliphatic heterocycles. The minimum absolute atomic E-state index is 0.00670. The van der Waals surface area contributed by atoms with Crippen molar-refractivity contribution < 1.29 is 14.7 Å². The van der Waals surface area contributed by atoms with E-state index in [2.05, 4.69) is 10.4 Å². The Morgan fingerprint density at radius 2 is 2.00 bits per heavy atom. The smallest absolute Gasteiger partial charge is 0.305 e. The van der Waals surface area contributed by atoms with Crippen LogP contribution in [0.4, 0.5) is 0 Å². The fourth-order valence-electron chi connectivity index (χ4n) is 1.72. The van der Waals surface area contributed by atoms with Crippen molar-refractivity contribution in [3.8, 4) is 0 Å².